The maximum atomic E-state index is 10.6. The van der Waals surface area contributed by atoms with E-state index in [4.69, 9.17) is 9.29 Å². The van der Waals surface area contributed by atoms with E-state index >= 15 is 0 Å². The van der Waals surface area contributed by atoms with Crippen molar-refractivity contribution in [3.8, 4) is 5.75 Å². The molecule has 1 N–H and O–H groups in total. The van der Waals surface area contributed by atoms with Gasteiger partial charge in [0.05, 0.1) is 12.4 Å². The predicted octanol–water partition coefficient (Wildman–Crippen LogP) is 1.90. The van der Waals surface area contributed by atoms with Crippen molar-refractivity contribution in [1.82, 2.24) is 0 Å². The largest absolute Gasteiger partial charge is 0.493 e. The molecule has 5 heteroatoms. The van der Waals surface area contributed by atoms with Crippen LogP contribution in [0, 0.1) is 12.8 Å². The fourth-order valence-corrected chi connectivity index (χ4v) is 2.10. The van der Waals surface area contributed by atoms with Crippen LogP contribution in [0.5, 0.6) is 5.75 Å². The molecule has 1 aromatic carbocycles. The summed E-state index contributed by atoms with van der Waals surface area (Å²) in [5.41, 5.74) is 1.14. The standard InChI is InChI=1S/C11H16O4S/c1-9-3-5-11(6-4-9)15-7-10(2)8-16(12,13)14/h3-6,10H,7-8H2,1-2H3,(H,12,13,14). The third kappa shape index (κ3) is 5.14. The van der Waals surface area contributed by atoms with Gasteiger partial charge in [0, 0.05) is 5.92 Å². The summed E-state index contributed by atoms with van der Waals surface area (Å²) in [6.07, 6.45) is 0. The van der Waals surface area contributed by atoms with Gasteiger partial charge in [-0.1, -0.05) is 24.6 Å². The van der Waals surface area contributed by atoms with E-state index in [9.17, 15) is 8.42 Å². The van der Waals surface area contributed by atoms with Gasteiger partial charge in [-0.25, -0.2) is 0 Å². The zero-order chi connectivity index (χ0) is 12.2. The van der Waals surface area contributed by atoms with Crippen LogP contribution < -0.4 is 4.74 Å². The molecule has 0 heterocycles. The summed E-state index contributed by atoms with van der Waals surface area (Å²) >= 11 is 0. The zero-order valence-electron chi connectivity index (χ0n) is 9.38. The molecule has 0 aliphatic carbocycles. The molecule has 1 atom stereocenters. The first kappa shape index (κ1) is 13.0. The van der Waals surface area contributed by atoms with Crippen molar-refractivity contribution in [2.24, 2.45) is 5.92 Å². The van der Waals surface area contributed by atoms with Gasteiger partial charge < -0.3 is 4.74 Å². The number of benzene rings is 1. The van der Waals surface area contributed by atoms with Gasteiger partial charge in [-0.15, -0.1) is 0 Å². The van der Waals surface area contributed by atoms with E-state index in [0.29, 0.717) is 5.75 Å². The molecule has 0 aromatic heterocycles. The van der Waals surface area contributed by atoms with Crippen LogP contribution in [0.25, 0.3) is 0 Å². The minimum atomic E-state index is -3.91. The molecule has 0 amide bonds. The third-order valence-corrected chi connectivity index (χ3v) is 3.04. The highest BCUT2D eigenvalue weighted by atomic mass is 32.2. The number of rotatable bonds is 5. The Labute approximate surface area is 96.0 Å². The fraction of sp³-hybridized carbons (Fsp3) is 0.455. The zero-order valence-corrected chi connectivity index (χ0v) is 10.2. The van der Waals surface area contributed by atoms with E-state index < -0.39 is 10.1 Å². The molecule has 16 heavy (non-hydrogen) atoms. The summed E-state index contributed by atoms with van der Waals surface area (Å²) in [6.45, 7) is 3.95. The molecule has 0 aliphatic heterocycles. The van der Waals surface area contributed by atoms with Crippen molar-refractivity contribution >= 4 is 10.1 Å². The Kier molecular flexibility index (Phi) is 4.32. The molecule has 0 spiro atoms. The Morgan fingerprint density at radius 1 is 1.31 bits per heavy atom. The lowest BCUT2D eigenvalue weighted by Crippen LogP contribution is -2.18. The van der Waals surface area contributed by atoms with Crippen LogP contribution in [0.2, 0.25) is 0 Å². The number of aryl methyl sites for hydroxylation is 1. The molecule has 0 radical (unpaired) electrons. The van der Waals surface area contributed by atoms with Crippen LogP contribution in [-0.4, -0.2) is 25.3 Å². The quantitative estimate of drug-likeness (QED) is 0.803. The van der Waals surface area contributed by atoms with Crippen LogP contribution in [0.15, 0.2) is 24.3 Å². The summed E-state index contributed by atoms with van der Waals surface area (Å²) in [5, 5.41) is 0. The van der Waals surface area contributed by atoms with E-state index in [1.54, 1.807) is 6.92 Å². The highest BCUT2D eigenvalue weighted by Crippen LogP contribution is 2.12. The van der Waals surface area contributed by atoms with Crippen LogP contribution in [0.4, 0.5) is 0 Å². The normalized spacial score (nSPS) is 13.4. The van der Waals surface area contributed by atoms with Gasteiger partial charge in [0.2, 0.25) is 0 Å². The van der Waals surface area contributed by atoms with E-state index in [1.165, 1.54) is 0 Å². The minimum absolute atomic E-state index is 0.240. The molecule has 4 nitrogen and oxygen atoms in total. The van der Waals surface area contributed by atoms with Crippen LogP contribution in [-0.2, 0) is 10.1 Å². The lowest BCUT2D eigenvalue weighted by Gasteiger charge is -2.11. The van der Waals surface area contributed by atoms with Crippen molar-refractivity contribution in [3.05, 3.63) is 29.8 Å². The number of hydrogen-bond acceptors (Lipinski definition) is 3. The second kappa shape index (κ2) is 5.32. The summed E-state index contributed by atoms with van der Waals surface area (Å²) in [6, 6.07) is 7.50. The van der Waals surface area contributed by atoms with E-state index in [2.05, 4.69) is 0 Å². The lowest BCUT2D eigenvalue weighted by molar-refractivity contribution is 0.269. The molecule has 0 saturated carbocycles. The summed E-state index contributed by atoms with van der Waals surface area (Å²) in [7, 11) is -3.91. The van der Waals surface area contributed by atoms with Crippen LogP contribution in [0.3, 0.4) is 0 Å². The number of hydrogen-bond donors (Lipinski definition) is 1. The first-order valence-electron chi connectivity index (χ1n) is 5.01. The number of ether oxygens (including phenoxy) is 1. The van der Waals surface area contributed by atoms with Gasteiger partial charge >= 0.3 is 0 Å². The molecule has 0 aliphatic rings. The van der Waals surface area contributed by atoms with Gasteiger partial charge in [0.1, 0.15) is 5.75 Å². The van der Waals surface area contributed by atoms with Crippen molar-refractivity contribution in [3.63, 3.8) is 0 Å². The topological polar surface area (TPSA) is 63.6 Å². The molecule has 90 valence electrons. The SMILES string of the molecule is Cc1ccc(OCC(C)CS(=O)(=O)O)cc1. The second-order valence-electron chi connectivity index (χ2n) is 3.98. The summed E-state index contributed by atoms with van der Waals surface area (Å²) in [4.78, 5) is 0. The molecule has 1 unspecified atom stereocenters. The Balaban J connectivity index is 2.43. The van der Waals surface area contributed by atoms with E-state index in [0.717, 1.165) is 5.56 Å². The Morgan fingerprint density at radius 3 is 2.38 bits per heavy atom. The molecule has 0 bridgehead atoms. The van der Waals surface area contributed by atoms with Gasteiger partial charge in [-0.3, -0.25) is 4.55 Å². The van der Waals surface area contributed by atoms with Crippen molar-refractivity contribution < 1.29 is 17.7 Å². The second-order valence-corrected chi connectivity index (χ2v) is 5.47. The maximum Gasteiger partial charge on any atom is 0.265 e. The maximum absolute atomic E-state index is 10.6. The summed E-state index contributed by atoms with van der Waals surface area (Å²) in [5.74, 6) is 0.183. The molecule has 1 aromatic rings. The fourth-order valence-electron chi connectivity index (χ4n) is 1.28. The van der Waals surface area contributed by atoms with E-state index in [-0.39, 0.29) is 18.3 Å². The molecular weight excluding hydrogens is 228 g/mol. The van der Waals surface area contributed by atoms with Gasteiger partial charge in [-0.05, 0) is 19.1 Å². The average Bonchev–Trinajstić information content (AvgIpc) is 2.14. The lowest BCUT2D eigenvalue weighted by atomic mass is 10.2. The Morgan fingerprint density at radius 2 is 1.88 bits per heavy atom. The molecule has 0 saturated heterocycles. The molecule has 0 fully saturated rings. The van der Waals surface area contributed by atoms with Gasteiger partial charge in [0.25, 0.3) is 10.1 Å². The molecule has 1 rings (SSSR count). The monoisotopic (exact) mass is 244 g/mol. The van der Waals surface area contributed by atoms with Gasteiger partial charge in [-0.2, -0.15) is 8.42 Å². The average molecular weight is 244 g/mol. The van der Waals surface area contributed by atoms with Crippen molar-refractivity contribution in [2.75, 3.05) is 12.4 Å². The van der Waals surface area contributed by atoms with Crippen molar-refractivity contribution in [2.45, 2.75) is 13.8 Å². The van der Waals surface area contributed by atoms with Crippen LogP contribution in [0.1, 0.15) is 12.5 Å². The third-order valence-electron chi connectivity index (χ3n) is 2.05. The highest BCUT2D eigenvalue weighted by molar-refractivity contribution is 7.85. The highest BCUT2D eigenvalue weighted by Gasteiger charge is 2.12. The Hall–Kier alpha value is -1.07. The Bertz CT molecular complexity index is 422. The minimum Gasteiger partial charge on any atom is -0.493 e. The van der Waals surface area contributed by atoms with E-state index in [1.807, 2.05) is 31.2 Å². The predicted molar refractivity (Wildman–Crippen MR) is 62.3 cm³/mol. The molecular formula is C11H16O4S. The first-order chi connectivity index (χ1) is 7.37. The van der Waals surface area contributed by atoms with Crippen LogP contribution >= 0.6 is 0 Å². The van der Waals surface area contributed by atoms with Crippen molar-refractivity contribution in [1.29, 1.82) is 0 Å². The van der Waals surface area contributed by atoms with Gasteiger partial charge in [0.15, 0.2) is 0 Å². The smallest absolute Gasteiger partial charge is 0.265 e. The summed E-state index contributed by atoms with van der Waals surface area (Å²) < 4.78 is 35.2. The first-order valence-corrected chi connectivity index (χ1v) is 6.62.